The van der Waals surface area contributed by atoms with E-state index in [4.69, 9.17) is 0 Å². The molecular weight excluding hydrogens is 883 g/mol. The number of nitrogens with zero attached hydrogens (tertiary/aromatic N) is 7. The number of aliphatic hydroxyl groups is 1. The number of piperidine rings is 2. The van der Waals surface area contributed by atoms with E-state index in [1.165, 1.54) is 28.4 Å². The molecule has 6 aliphatic rings. The third-order valence-electron chi connectivity index (χ3n) is 14.4. The van der Waals surface area contributed by atoms with Crippen LogP contribution in [-0.4, -0.2) is 110 Å². The topological polar surface area (TPSA) is 185 Å². The maximum absolute atomic E-state index is 15.9. The summed E-state index contributed by atoms with van der Waals surface area (Å²) in [4.78, 5) is 81.0. The lowest BCUT2D eigenvalue weighted by molar-refractivity contribution is -0.151. The number of anilines is 4. The van der Waals surface area contributed by atoms with Crippen LogP contribution < -0.4 is 25.8 Å². The summed E-state index contributed by atoms with van der Waals surface area (Å²) in [6.45, 7) is 4.18. The number of amides is 5. The number of benzene rings is 3. The fraction of sp³-hybridized carbons (Fsp3) is 0.396. The van der Waals surface area contributed by atoms with Crippen LogP contribution in [0.1, 0.15) is 71.9 Å². The van der Waals surface area contributed by atoms with E-state index in [1.54, 1.807) is 41.0 Å². The lowest BCUT2D eigenvalue weighted by Crippen LogP contribution is -2.73. The van der Waals surface area contributed by atoms with Gasteiger partial charge < -0.3 is 34.6 Å². The van der Waals surface area contributed by atoms with Crippen molar-refractivity contribution in [2.45, 2.75) is 75.7 Å². The minimum atomic E-state index is -1.19. The molecule has 16 nitrogen and oxygen atoms in total. The van der Waals surface area contributed by atoms with Gasteiger partial charge in [-0.25, -0.2) is 18.7 Å². The molecule has 4 N–H and O–H groups in total. The summed E-state index contributed by atoms with van der Waals surface area (Å²) < 4.78 is 33.2. The summed E-state index contributed by atoms with van der Waals surface area (Å²) in [5.41, 5.74) is 3.72. The van der Waals surface area contributed by atoms with E-state index >= 15 is 8.78 Å². The lowest BCUT2D eigenvalue weighted by atomic mass is 9.72. The number of carbonyl (C=O) groups is 5. The molecule has 8 heterocycles. The molecule has 0 radical (unpaired) electrons. The molecular formula is C48H48F2N10O6S. The highest BCUT2D eigenvalue weighted by Crippen LogP contribution is 2.44. The molecule has 6 aliphatic heterocycles. The minimum absolute atomic E-state index is 0.00182. The van der Waals surface area contributed by atoms with E-state index < -0.39 is 47.0 Å². The number of nitrogens with one attached hydrogen (secondary N) is 3. The normalized spacial score (nSPS) is 20.8. The van der Waals surface area contributed by atoms with Crippen molar-refractivity contribution < 1.29 is 37.9 Å². The average molecular weight is 931 g/mol. The lowest BCUT2D eigenvalue weighted by Gasteiger charge is -2.61. The first kappa shape index (κ1) is 42.9. The fourth-order valence-corrected chi connectivity index (χ4v) is 11.3. The molecule has 11 rings (SSSR count). The van der Waals surface area contributed by atoms with Gasteiger partial charge in [-0.3, -0.25) is 34.6 Å². The summed E-state index contributed by atoms with van der Waals surface area (Å²) in [6, 6.07) is 13.9. The molecule has 5 amide bonds. The molecule has 5 aromatic rings. The molecule has 0 aliphatic carbocycles. The zero-order valence-corrected chi connectivity index (χ0v) is 37.3. The van der Waals surface area contributed by atoms with Crippen molar-refractivity contribution in [3.8, 4) is 11.1 Å². The van der Waals surface area contributed by atoms with Gasteiger partial charge >= 0.3 is 0 Å². The summed E-state index contributed by atoms with van der Waals surface area (Å²) >= 11 is 1.27. The first-order chi connectivity index (χ1) is 32.3. The van der Waals surface area contributed by atoms with Crippen molar-refractivity contribution in [2.75, 3.05) is 59.7 Å². The second-order valence-electron chi connectivity index (χ2n) is 18.9. The van der Waals surface area contributed by atoms with Crippen LogP contribution in [0, 0.1) is 17.0 Å². The molecule has 0 saturated carbocycles. The molecule has 346 valence electrons. The Morgan fingerprint density at radius 1 is 0.910 bits per heavy atom. The van der Waals surface area contributed by atoms with E-state index in [-0.39, 0.29) is 47.7 Å². The van der Waals surface area contributed by atoms with Crippen molar-refractivity contribution in [3.63, 3.8) is 0 Å². The van der Waals surface area contributed by atoms with Gasteiger partial charge in [-0.05, 0) is 85.7 Å². The monoisotopic (exact) mass is 930 g/mol. The molecule has 3 aromatic carbocycles. The quantitative estimate of drug-likeness (QED) is 0.133. The smallest absolute Gasteiger partial charge is 0.255 e. The highest BCUT2D eigenvalue weighted by molar-refractivity contribution is 7.13. The summed E-state index contributed by atoms with van der Waals surface area (Å²) in [7, 11) is 0. The number of likely N-dealkylation sites (tertiary alicyclic amines) is 1. The average Bonchev–Trinajstić information content (AvgIpc) is 4.10. The van der Waals surface area contributed by atoms with Gasteiger partial charge in [0.2, 0.25) is 17.7 Å². The third-order valence-corrected chi connectivity index (χ3v) is 15.0. The Morgan fingerprint density at radius 3 is 2.43 bits per heavy atom. The van der Waals surface area contributed by atoms with E-state index in [1.807, 2.05) is 33.7 Å². The van der Waals surface area contributed by atoms with Crippen molar-refractivity contribution in [1.82, 2.24) is 29.7 Å². The number of carbonyl (C=O) groups excluding carboxylic acids is 5. The number of hydrogen-bond acceptors (Lipinski definition) is 12. The minimum Gasteiger partial charge on any atom is -0.389 e. The molecule has 2 atom stereocenters. The van der Waals surface area contributed by atoms with Gasteiger partial charge in [-0.15, -0.1) is 11.3 Å². The van der Waals surface area contributed by atoms with Crippen molar-refractivity contribution in [2.24, 2.45) is 5.41 Å². The number of halogens is 2. The fourth-order valence-electron chi connectivity index (χ4n) is 10.7. The van der Waals surface area contributed by atoms with E-state index in [9.17, 15) is 29.1 Å². The van der Waals surface area contributed by atoms with Gasteiger partial charge in [0.1, 0.15) is 17.7 Å². The van der Waals surface area contributed by atoms with Crippen LogP contribution in [0.4, 0.5) is 31.0 Å². The Kier molecular flexibility index (Phi) is 10.6. The predicted molar refractivity (Wildman–Crippen MR) is 244 cm³/mol. The third kappa shape index (κ3) is 7.96. The molecule has 2 aromatic heterocycles. The van der Waals surface area contributed by atoms with E-state index in [2.05, 4.69) is 30.8 Å². The number of imidazole rings is 1. The largest absolute Gasteiger partial charge is 0.389 e. The number of fused-ring (bicyclic) bond motifs is 2. The number of imide groups is 1. The Balaban J connectivity index is 0.675. The SMILES string of the molecule is O=C1CC[C@H](Nc2ccc(N3CCC(O)(CC(=O)N4CC5(C4)CN(c4ccc(-c6cc(F)c7c(c6)C(=O)N(C(C(=O)Nc6nccs6)c6ncn8c6CCC8)C7)cc4)C5)CC3)c(F)c2)C(=O)N1. The van der Waals surface area contributed by atoms with E-state index in [0.717, 1.165) is 49.4 Å². The summed E-state index contributed by atoms with van der Waals surface area (Å²) in [6.07, 6.45) is 6.08. The van der Waals surface area contributed by atoms with Crippen molar-refractivity contribution >= 4 is 63.1 Å². The predicted octanol–water partition coefficient (Wildman–Crippen LogP) is 4.85. The first-order valence-corrected chi connectivity index (χ1v) is 23.6. The Hall–Kier alpha value is -6.73. The second-order valence-corrected chi connectivity index (χ2v) is 19.8. The molecule has 1 spiro atoms. The maximum atomic E-state index is 15.9. The van der Waals surface area contributed by atoms with Gasteiger partial charge in [-0.1, -0.05) is 12.1 Å². The number of rotatable bonds is 11. The Morgan fingerprint density at radius 2 is 1.70 bits per heavy atom. The standard InChI is InChI=1S/C48H48F2N10O6S/c49-34-19-29(18-32-33(34)22-60(45(32)65)42(44(64)55-46-51-13-17-67-46)41-38-2-1-14-57(38)27-52-41)28-3-6-31(7-4-28)58-23-47(24-58)25-59(26-47)40(62)21-48(66)11-15-56(16-12-48)37-9-5-30(20-35(37)50)53-36-8-10-39(61)54-43(36)63/h3-7,9,13,17-20,27,36,42,53,66H,1-2,8,10-12,14-16,21-26H2,(H,51,55,64)(H,54,61,63)/t36-,42?/m0/s1. The van der Waals surface area contributed by atoms with Crippen LogP contribution in [0.25, 0.3) is 11.1 Å². The molecule has 1 unspecified atom stereocenters. The molecule has 67 heavy (non-hydrogen) atoms. The molecule has 4 saturated heterocycles. The zero-order chi connectivity index (χ0) is 46.2. The van der Waals surface area contributed by atoms with Crippen LogP contribution >= 0.6 is 11.3 Å². The van der Waals surface area contributed by atoms with Crippen LogP contribution in [0.5, 0.6) is 0 Å². The highest BCUT2D eigenvalue weighted by atomic mass is 32.1. The van der Waals surface area contributed by atoms with Gasteiger partial charge in [-0.2, -0.15) is 0 Å². The Labute approximate surface area is 388 Å². The van der Waals surface area contributed by atoms with Gasteiger partial charge in [0.25, 0.3) is 11.8 Å². The van der Waals surface area contributed by atoms with Gasteiger partial charge in [0.05, 0.1) is 36.3 Å². The summed E-state index contributed by atoms with van der Waals surface area (Å²) in [5, 5.41) is 21.7. The second kappa shape index (κ2) is 16.6. The van der Waals surface area contributed by atoms with Crippen LogP contribution in [0.15, 0.2) is 72.5 Å². The number of hydrogen-bond donors (Lipinski definition) is 4. The van der Waals surface area contributed by atoms with Crippen LogP contribution in [0.2, 0.25) is 0 Å². The van der Waals surface area contributed by atoms with Crippen molar-refractivity contribution in [1.29, 1.82) is 0 Å². The van der Waals surface area contributed by atoms with Gasteiger partial charge in [0.15, 0.2) is 11.2 Å². The highest BCUT2D eigenvalue weighted by Gasteiger charge is 2.54. The summed E-state index contributed by atoms with van der Waals surface area (Å²) in [5.74, 6) is -2.73. The Bertz CT molecular complexity index is 2810. The molecule has 0 bridgehead atoms. The first-order valence-electron chi connectivity index (χ1n) is 22.7. The van der Waals surface area contributed by atoms with Gasteiger partial charge in [0, 0.05) is 97.4 Å². The van der Waals surface area contributed by atoms with Crippen LogP contribution in [-0.2, 0) is 38.7 Å². The number of aryl methyl sites for hydroxylation is 1. The number of thiazole rings is 1. The maximum Gasteiger partial charge on any atom is 0.255 e. The van der Waals surface area contributed by atoms with E-state index in [0.29, 0.717) is 73.2 Å². The van der Waals surface area contributed by atoms with Crippen LogP contribution in [0.3, 0.4) is 0 Å². The zero-order valence-electron chi connectivity index (χ0n) is 36.5. The molecule has 19 heteroatoms. The van der Waals surface area contributed by atoms with Crippen molar-refractivity contribution in [3.05, 3.63) is 107 Å². The molecule has 4 fully saturated rings. The number of aromatic nitrogens is 3.